The van der Waals surface area contributed by atoms with E-state index in [1.807, 2.05) is 11.8 Å². The van der Waals surface area contributed by atoms with Gasteiger partial charge in [-0.2, -0.15) is 0 Å². The summed E-state index contributed by atoms with van der Waals surface area (Å²) in [6, 6.07) is 0.180. The van der Waals surface area contributed by atoms with E-state index in [0.717, 1.165) is 32.6 Å². The predicted octanol–water partition coefficient (Wildman–Crippen LogP) is -0.272. The van der Waals surface area contributed by atoms with E-state index in [1.165, 1.54) is 0 Å². The van der Waals surface area contributed by atoms with Gasteiger partial charge in [-0.1, -0.05) is 6.92 Å². The van der Waals surface area contributed by atoms with E-state index in [1.54, 1.807) is 0 Å². The highest BCUT2D eigenvalue weighted by molar-refractivity contribution is 7.91. The number of sulfone groups is 1. The lowest BCUT2D eigenvalue weighted by atomic mass is 10.2. The first kappa shape index (κ1) is 12.8. The van der Waals surface area contributed by atoms with Gasteiger partial charge in [-0.15, -0.1) is 0 Å². The Kier molecular flexibility index (Phi) is 3.73. The molecule has 1 atom stereocenters. The van der Waals surface area contributed by atoms with Crippen molar-refractivity contribution in [2.24, 2.45) is 0 Å². The summed E-state index contributed by atoms with van der Waals surface area (Å²) in [6.45, 7) is 4.97. The smallest absolute Gasteiger partial charge is 0.222 e. The van der Waals surface area contributed by atoms with E-state index in [2.05, 4.69) is 4.90 Å². The summed E-state index contributed by atoms with van der Waals surface area (Å²) in [4.78, 5) is 15.6. The molecule has 0 aromatic rings. The number of amides is 1. The molecular weight excluding hydrogens is 240 g/mol. The third-order valence-electron chi connectivity index (χ3n) is 3.69. The van der Waals surface area contributed by atoms with Gasteiger partial charge < -0.3 is 4.90 Å². The van der Waals surface area contributed by atoms with Crippen molar-refractivity contribution in [2.45, 2.75) is 25.8 Å². The van der Waals surface area contributed by atoms with Crippen LogP contribution in [0, 0.1) is 0 Å². The molecule has 98 valence electrons. The normalized spacial score (nSPS) is 29.5. The molecule has 1 unspecified atom stereocenters. The van der Waals surface area contributed by atoms with Crippen molar-refractivity contribution >= 4 is 15.7 Å². The van der Waals surface area contributed by atoms with Crippen LogP contribution in [0.15, 0.2) is 0 Å². The highest BCUT2D eigenvalue weighted by Crippen LogP contribution is 2.19. The molecule has 0 spiro atoms. The van der Waals surface area contributed by atoms with Gasteiger partial charge in [0.15, 0.2) is 9.84 Å². The van der Waals surface area contributed by atoms with Crippen molar-refractivity contribution in [1.82, 2.24) is 9.80 Å². The molecule has 17 heavy (non-hydrogen) atoms. The molecule has 0 radical (unpaired) electrons. The van der Waals surface area contributed by atoms with Gasteiger partial charge in [-0.3, -0.25) is 9.69 Å². The van der Waals surface area contributed by atoms with Gasteiger partial charge >= 0.3 is 0 Å². The summed E-state index contributed by atoms with van der Waals surface area (Å²) in [6.07, 6.45) is 1.31. The monoisotopic (exact) mass is 260 g/mol. The highest BCUT2D eigenvalue weighted by Gasteiger charge is 2.34. The van der Waals surface area contributed by atoms with Crippen LogP contribution >= 0.6 is 0 Å². The molecular formula is C11H20N2O3S. The second-order valence-electron chi connectivity index (χ2n) is 4.83. The third-order valence-corrected chi connectivity index (χ3v) is 5.44. The van der Waals surface area contributed by atoms with Crippen LogP contribution in [0.1, 0.15) is 19.8 Å². The number of rotatable bonds is 2. The van der Waals surface area contributed by atoms with Crippen molar-refractivity contribution < 1.29 is 13.2 Å². The SMILES string of the molecule is CCC(=O)N1CCN(C2CCS(=O)(=O)C2)CC1. The van der Waals surface area contributed by atoms with Crippen molar-refractivity contribution in [3.63, 3.8) is 0 Å². The zero-order valence-electron chi connectivity index (χ0n) is 10.3. The topological polar surface area (TPSA) is 57.7 Å². The fraction of sp³-hybridized carbons (Fsp3) is 0.909. The molecule has 0 bridgehead atoms. The molecule has 0 aliphatic carbocycles. The van der Waals surface area contributed by atoms with Crippen molar-refractivity contribution in [2.75, 3.05) is 37.7 Å². The maximum absolute atomic E-state index is 11.5. The number of hydrogen-bond acceptors (Lipinski definition) is 4. The fourth-order valence-corrected chi connectivity index (χ4v) is 4.39. The van der Waals surface area contributed by atoms with Gasteiger partial charge in [0.1, 0.15) is 0 Å². The van der Waals surface area contributed by atoms with Gasteiger partial charge in [0.05, 0.1) is 11.5 Å². The van der Waals surface area contributed by atoms with Gasteiger partial charge in [0.25, 0.3) is 0 Å². The summed E-state index contributed by atoms with van der Waals surface area (Å²) in [7, 11) is -2.80. The molecule has 2 fully saturated rings. The average molecular weight is 260 g/mol. The Hall–Kier alpha value is -0.620. The molecule has 5 nitrogen and oxygen atoms in total. The van der Waals surface area contributed by atoms with E-state index >= 15 is 0 Å². The molecule has 2 aliphatic heterocycles. The van der Waals surface area contributed by atoms with Gasteiger partial charge in [0, 0.05) is 38.6 Å². The number of carbonyl (C=O) groups excluding carboxylic acids is 1. The molecule has 1 amide bonds. The number of piperazine rings is 1. The Bertz CT molecular complexity index is 386. The zero-order chi connectivity index (χ0) is 12.5. The summed E-state index contributed by atoms with van der Waals surface area (Å²) in [5.74, 6) is 0.823. The lowest BCUT2D eigenvalue weighted by molar-refractivity contribution is -0.132. The van der Waals surface area contributed by atoms with E-state index in [4.69, 9.17) is 0 Å². The number of carbonyl (C=O) groups is 1. The standard InChI is InChI=1S/C11H20N2O3S/c1-2-11(14)13-6-4-12(5-7-13)10-3-8-17(15,16)9-10/h10H,2-9H2,1H3. The van der Waals surface area contributed by atoms with E-state index in [-0.39, 0.29) is 11.9 Å². The van der Waals surface area contributed by atoms with Gasteiger partial charge in [-0.25, -0.2) is 8.42 Å². The number of hydrogen-bond donors (Lipinski definition) is 0. The summed E-state index contributed by atoms with van der Waals surface area (Å²) in [5.41, 5.74) is 0. The highest BCUT2D eigenvalue weighted by atomic mass is 32.2. The van der Waals surface area contributed by atoms with Crippen LogP contribution in [-0.2, 0) is 14.6 Å². The number of nitrogens with zero attached hydrogens (tertiary/aromatic N) is 2. The van der Waals surface area contributed by atoms with Crippen molar-refractivity contribution in [3.05, 3.63) is 0 Å². The first-order valence-corrected chi connectivity index (χ1v) is 8.06. The van der Waals surface area contributed by atoms with Crippen LogP contribution in [0.2, 0.25) is 0 Å². The quantitative estimate of drug-likeness (QED) is 0.686. The minimum atomic E-state index is -2.80. The van der Waals surface area contributed by atoms with Crippen LogP contribution in [0.5, 0.6) is 0 Å². The van der Waals surface area contributed by atoms with E-state index in [0.29, 0.717) is 17.9 Å². The molecule has 0 saturated carbocycles. The summed E-state index contributed by atoms with van der Waals surface area (Å²) in [5, 5.41) is 0. The largest absolute Gasteiger partial charge is 0.340 e. The third kappa shape index (κ3) is 2.98. The minimum absolute atomic E-state index is 0.180. The molecule has 2 heterocycles. The molecule has 2 aliphatic rings. The average Bonchev–Trinajstić information content (AvgIpc) is 2.69. The Morgan fingerprint density at radius 2 is 1.88 bits per heavy atom. The van der Waals surface area contributed by atoms with Crippen LogP contribution in [-0.4, -0.2) is 67.9 Å². The maximum atomic E-state index is 11.5. The van der Waals surface area contributed by atoms with E-state index < -0.39 is 9.84 Å². The first-order valence-electron chi connectivity index (χ1n) is 6.24. The van der Waals surface area contributed by atoms with Crippen LogP contribution in [0.3, 0.4) is 0 Å². The molecule has 6 heteroatoms. The minimum Gasteiger partial charge on any atom is -0.340 e. The lowest BCUT2D eigenvalue weighted by Gasteiger charge is -2.37. The molecule has 2 saturated heterocycles. The first-order chi connectivity index (χ1) is 8.02. The Labute approximate surface area is 103 Å². The maximum Gasteiger partial charge on any atom is 0.222 e. The van der Waals surface area contributed by atoms with Crippen LogP contribution in [0.25, 0.3) is 0 Å². The Morgan fingerprint density at radius 3 is 2.35 bits per heavy atom. The van der Waals surface area contributed by atoms with Gasteiger partial charge in [0.2, 0.25) is 5.91 Å². The fourth-order valence-electron chi connectivity index (χ4n) is 2.62. The molecule has 0 N–H and O–H groups in total. The zero-order valence-corrected chi connectivity index (χ0v) is 11.1. The van der Waals surface area contributed by atoms with Gasteiger partial charge in [-0.05, 0) is 6.42 Å². The Morgan fingerprint density at radius 1 is 1.24 bits per heavy atom. The summed E-state index contributed by atoms with van der Waals surface area (Å²) >= 11 is 0. The van der Waals surface area contributed by atoms with Crippen molar-refractivity contribution in [3.8, 4) is 0 Å². The molecule has 0 aromatic carbocycles. The summed E-state index contributed by atoms with van der Waals surface area (Å²) < 4.78 is 22.8. The second kappa shape index (κ2) is 4.94. The van der Waals surface area contributed by atoms with E-state index in [9.17, 15) is 13.2 Å². The van der Waals surface area contributed by atoms with Crippen LogP contribution < -0.4 is 0 Å². The predicted molar refractivity (Wildman–Crippen MR) is 65.5 cm³/mol. The Balaban J connectivity index is 1.86. The molecule has 2 rings (SSSR count). The molecule has 0 aromatic heterocycles. The second-order valence-corrected chi connectivity index (χ2v) is 7.06. The lowest BCUT2D eigenvalue weighted by Crippen LogP contribution is -2.52. The van der Waals surface area contributed by atoms with Crippen molar-refractivity contribution in [1.29, 1.82) is 0 Å². The van der Waals surface area contributed by atoms with Crippen LogP contribution in [0.4, 0.5) is 0 Å².